The number of likely N-dealkylation sites (tertiary alicyclic amines) is 1. The lowest BCUT2D eigenvalue weighted by molar-refractivity contribution is -0.384. The molecule has 0 aliphatic carbocycles. The molecule has 0 atom stereocenters. The van der Waals surface area contributed by atoms with Crippen molar-refractivity contribution in [1.82, 2.24) is 4.90 Å². The molecule has 0 radical (unpaired) electrons. The first-order valence-electron chi connectivity index (χ1n) is 7.95. The molecule has 0 aromatic heterocycles. The van der Waals surface area contributed by atoms with Gasteiger partial charge in [-0.3, -0.25) is 10.1 Å². The Balaban J connectivity index is 1.86. The summed E-state index contributed by atoms with van der Waals surface area (Å²) in [7, 11) is 0. The largest absolute Gasteiger partial charge is 0.371 e. The van der Waals surface area contributed by atoms with E-state index < -0.39 is 0 Å². The number of nitro benzene ring substituents is 1. The van der Waals surface area contributed by atoms with Gasteiger partial charge in [0, 0.05) is 50.4 Å². The van der Waals surface area contributed by atoms with E-state index in [0.29, 0.717) is 6.42 Å². The number of nitrogens with zero attached hydrogens (tertiary/aromatic N) is 3. The van der Waals surface area contributed by atoms with Crippen molar-refractivity contribution in [3.8, 4) is 0 Å². The van der Waals surface area contributed by atoms with Crippen LogP contribution in [0, 0.1) is 10.1 Å². The van der Waals surface area contributed by atoms with Gasteiger partial charge in [0.2, 0.25) is 0 Å². The molecule has 22 heavy (non-hydrogen) atoms. The zero-order valence-electron chi connectivity index (χ0n) is 12.7. The molecule has 2 heterocycles. The van der Waals surface area contributed by atoms with Crippen molar-refractivity contribution in [2.45, 2.75) is 32.1 Å². The van der Waals surface area contributed by atoms with Crippen LogP contribution in [0.3, 0.4) is 0 Å². The van der Waals surface area contributed by atoms with E-state index in [0.717, 1.165) is 42.4 Å². The molecule has 0 spiro atoms. The van der Waals surface area contributed by atoms with Crippen LogP contribution in [0.15, 0.2) is 18.2 Å². The first-order valence-corrected chi connectivity index (χ1v) is 8.36. The van der Waals surface area contributed by atoms with Crippen LogP contribution >= 0.6 is 12.2 Å². The standard InChI is InChI=1S/C16H21N3O2S/c20-19(21)14-5-6-15(17-7-1-2-8-17)13(11-14)12-16(22)18-9-3-4-10-18/h5-6,11H,1-4,7-10,12H2. The predicted molar refractivity (Wildman–Crippen MR) is 91.7 cm³/mol. The Morgan fingerprint density at radius 1 is 1.14 bits per heavy atom. The molecule has 0 bridgehead atoms. The van der Waals surface area contributed by atoms with Crippen LogP contribution in [-0.4, -0.2) is 41.0 Å². The van der Waals surface area contributed by atoms with Crippen molar-refractivity contribution in [3.63, 3.8) is 0 Å². The molecule has 5 nitrogen and oxygen atoms in total. The van der Waals surface area contributed by atoms with E-state index in [-0.39, 0.29) is 10.6 Å². The minimum absolute atomic E-state index is 0.155. The second kappa shape index (κ2) is 6.60. The van der Waals surface area contributed by atoms with Crippen LogP contribution in [0.25, 0.3) is 0 Å². The Kier molecular flexibility index (Phi) is 4.57. The number of anilines is 1. The van der Waals surface area contributed by atoms with Crippen LogP contribution < -0.4 is 4.90 Å². The number of hydrogen-bond acceptors (Lipinski definition) is 4. The van der Waals surface area contributed by atoms with E-state index in [1.54, 1.807) is 12.1 Å². The Bertz CT molecular complexity index is 579. The summed E-state index contributed by atoms with van der Waals surface area (Å²) in [6.45, 7) is 4.10. The molecule has 0 unspecified atom stereocenters. The summed E-state index contributed by atoms with van der Waals surface area (Å²) in [6.07, 6.45) is 5.38. The first-order chi connectivity index (χ1) is 10.6. The van der Waals surface area contributed by atoms with Crippen LogP contribution in [0.2, 0.25) is 0 Å². The Morgan fingerprint density at radius 3 is 2.41 bits per heavy atom. The molecule has 2 aliphatic heterocycles. The van der Waals surface area contributed by atoms with E-state index in [1.165, 1.54) is 25.7 Å². The van der Waals surface area contributed by atoms with E-state index in [4.69, 9.17) is 12.2 Å². The zero-order valence-corrected chi connectivity index (χ0v) is 13.5. The van der Waals surface area contributed by atoms with Gasteiger partial charge in [0.05, 0.1) is 9.91 Å². The van der Waals surface area contributed by atoms with Crippen molar-refractivity contribution in [3.05, 3.63) is 33.9 Å². The number of benzene rings is 1. The van der Waals surface area contributed by atoms with Crippen molar-refractivity contribution in [1.29, 1.82) is 0 Å². The van der Waals surface area contributed by atoms with Crippen molar-refractivity contribution >= 4 is 28.6 Å². The summed E-state index contributed by atoms with van der Waals surface area (Å²) in [6, 6.07) is 5.21. The number of non-ortho nitro benzene ring substituents is 1. The van der Waals surface area contributed by atoms with Crippen LogP contribution in [0.4, 0.5) is 11.4 Å². The highest BCUT2D eigenvalue weighted by atomic mass is 32.1. The summed E-state index contributed by atoms with van der Waals surface area (Å²) in [5, 5.41) is 11.1. The molecule has 1 aromatic carbocycles. The fourth-order valence-corrected chi connectivity index (χ4v) is 3.67. The van der Waals surface area contributed by atoms with Gasteiger partial charge >= 0.3 is 0 Å². The highest BCUT2D eigenvalue weighted by molar-refractivity contribution is 7.80. The summed E-state index contributed by atoms with van der Waals surface area (Å²) >= 11 is 5.58. The normalized spacial score (nSPS) is 18.0. The third-order valence-electron chi connectivity index (χ3n) is 4.52. The van der Waals surface area contributed by atoms with Crippen molar-refractivity contribution in [2.24, 2.45) is 0 Å². The first kappa shape index (κ1) is 15.2. The van der Waals surface area contributed by atoms with Crippen molar-refractivity contribution < 1.29 is 4.92 Å². The second-order valence-electron chi connectivity index (χ2n) is 6.03. The maximum Gasteiger partial charge on any atom is 0.269 e. The molecule has 118 valence electrons. The Morgan fingerprint density at radius 2 is 1.77 bits per heavy atom. The molecule has 2 aliphatic rings. The molecular formula is C16H21N3O2S. The third kappa shape index (κ3) is 3.21. The fraction of sp³-hybridized carbons (Fsp3) is 0.562. The van der Waals surface area contributed by atoms with E-state index in [9.17, 15) is 10.1 Å². The number of nitro groups is 1. The Labute approximate surface area is 136 Å². The highest BCUT2D eigenvalue weighted by Gasteiger charge is 2.21. The summed E-state index contributed by atoms with van der Waals surface area (Å²) in [5.41, 5.74) is 2.26. The Hall–Kier alpha value is -1.69. The molecule has 2 fully saturated rings. The average Bonchev–Trinajstić information content (AvgIpc) is 3.20. The summed E-state index contributed by atoms with van der Waals surface area (Å²) in [4.78, 5) is 16.2. The van der Waals surface area contributed by atoms with Crippen LogP contribution in [-0.2, 0) is 6.42 Å². The van der Waals surface area contributed by atoms with Gasteiger partial charge in [-0.15, -0.1) is 0 Å². The molecule has 0 amide bonds. The van der Waals surface area contributed by atoms with E-state index >= 15 is 0 Å². The second-order valence-corrected chi connectivity index (χ2v) is 6.50. The van der Waals surface area contributed by atoms with Gasteiger partial charge in [-0.05, 0) is 37.3 Å². The van der Waals surface area contributed by atoms with Gasteiger partial charge < -0.3 is 9.80 Å². The lowest BCUT2D eigenvalue weighted by atomic mass is 10.1. The summed E-state index contributed by atoms with van der Waals surface area (Å²) in [5.74, 6) is 0. The molecular weight excluding hydrogens is 298 g/mol. The van der Waals surface area contributed by atoms with Crippen molar-refractivity contribution in [2.75, 3.05) is 31.1 Å². The SMILES string of the molecule is O=[N+]([O-])c1ccc(N2CCCC2)c(CC(=S)N2CCCC2)c1. The van der Waals surface area contributed by atoms with Gasteiger partial charge in [-0.2, -0.15) is 0 Å². The monoisotopic (exact) mass is 319 g/mol. The molecule has 0 saturated carbocycles. The number of rotatable bonds is 4. The van der Waals surface area contributed by atoms with Gasteiger partial charge in [0.25, 0.3) is 5.69 Å². The molecule has 2 saturated heterocycles. The zero-order chi connectivity index (χ0) is 15.5. The topological polar surface area (TPSA) is 49.6 Å². The highest BCUT2D eigenvalue weighted by Crippen LogP contribution is 2.29. The lowest BCUT2D eigenvalue weighted by Crippen LogP contribution is -2.28. The maximum absolute atomic E-state index is 11.1. The van der Waals surface area contributed by atoms with Gasteiger partial charge in [-0.1, -0.05) is 12.2 Å². The smallest absolute Gasteiger partial charge is 0.269 e. The quantitative estimate of drug-likeness (QED) is 0.485. The van der Waals surface area contributed by atoms with Gasteiger partial charge in [-0.25, -0.2) is 0 Å². The maximum atomic E-state index is 11.1. The van der Waals surface area contributed by atoms with E-state index in [1.807, 2.05) is 6.07 Å². The molecule has 1 aromatic rings. The molecule has 6 heteroatoms. The van der Waals surface area contributed by atoms with E-state index in [2.05, 4.69) is 9.80 Å². The number of hydrogen-bond donors (Lipinski definition) is 0. The fourth-order valence-electron chi connectivity index (χ4n) is 3.33. The summed E-state index contributed by atoms with van der Waals surface area (Å²) < 4.78 is 0. The average molecular weight is 319 g/mol. The van der Waals surface area contributed by atoms with Crippen LogP contribution in [0.1, 0.15) is 31.2 Å². The minimum atomic E-state index is -0.323. The van der Waals surface area contributed by atoms with Gasteiger partial charge in [0.1, 0.15) is 0 Å². The lowest BCUT2D eigenvalue weighted by Gasteiger charge is -2.24. The van der Waals surface area contributed by atoms with Crippen LogP contribution in [0.5, 0.6) is 0 Å². The molecule has 0 N–H and O–H groups in total. The minimum Gasteiger partial charge on any atom is -0.371 e. The number of thiocarbonyl (C=S) groups is 1. The van der Waals surface area contributed by atoms with Gasteiger partial charge in [0.15, 0.2) is 0 Å². The molecule has 3 rings (SSSR count). The third-order valence-corrected chi connectivity index (χ3v) is 4.92. The predicted octanol–water partition coefficient (Wildman–Crippen LogP) is 3.16.